The minimum Gasteiger partial charge on any atom is -0.480 e. The first-order valence-electron chi connectivity index (χ1n) is 16.4. The zero-order valence-electron chi connectivity index (χ0n) is 28.3. The standard InChI is InChI=1S/C30H52Cl3N5O11S/c1-2-3-4-5-6-7-8-9-10-11-12-48-13-14-50-18-23(38-29(47)49-19-30(31,32)33)27(44)37-22(17-40)26(43)36-21(16-39)25(42)35-20(28(45)46)15-24(34)41/h20-23,39-40H,2-19H2,1H3,(H2,34,41)(H,35,42)(H,36,43)(H,37,44)(H,38,47)(H,45,46)/t20-,21-,22-,23-/m0/s1. The number of halogens is 3. The third-order valence-electron chi connectivity index (χ3n) is 6.93. The molecule has 0 aromatic rings. The first-order chi connectivity index (χ1) is 23.6. The molecule has 50 heavy (non-hydrogen) atoms. The molecule has 0 spiro atoms. The van der Waals surface area contributed by atoms with E-state index in [-0.39, 0.29) is 5.75 Å². The molecule has 0 heterocycles. The van der Waals surface area contributed by atoms with Gasteiger partial charge in [-0.05, 0) is 6.42 Å². The van der Waals surface area contributed by atoms with Gasteiger partial charge in [0, 0.05) is 18.1 Å². The fraction of sp³-hybridized carbons (Fsp3) is 0.800. The lowest BCUT2D eigenvalue weighted by Crippen LogP contribution is -2.60. The van der Waals surface area contributed by atoms with Gasteiger partial charge in [-0.25, -0.2) is 9.59 Å². The highest BCUT2D eigenvalue weighted by Crippen LogP contribution is 2.25. The number of alkyl carbamates (subject to hydrolysis) is 1. The van der Waals surface area contributed by atoms with Gasteiger partial charge in [0.1, 0.15) is 30.8 Å². The number of carbonyl (C=O) groups excluding carboxylic acids is 5. The number of carbonyl (C=O) groups is 6. The van der Waals surface area contributed by atoms with Crippen molar-refractivity contribution in [3.05, 3.63) is 0 Å². The molecule has 0 aromatic heterocycles. The van der Waals surface area contributed by atoms with Gasteiger partial charge in [0.15, 0.2) is 0 Å². The number of aliphatic carboxylic acids is 1. The monoisotopic (exact) mass is 795 g/mol. The van der Waals surface area contributed by atoms with Crippen LogP contribution in [0.15, 0.2) is 0 Å². The van der Waals surface area contributed by atoms with Crippen molar-refractivity contribution in [2.45, 2.75) is 106 Å². The van der Waals surface area contributed by atoms with Crippen LogP contribution in [0.1, 0.15) is 77.6 Å². The van der Waals surface area contributed by atoms with E-state index in [1.54, 1.807) is 0 Å². The SMILES string of the molecule is CCCCCCCCCCCCOCCSC[C@H](NC(=O)OCC(Cl)(Cl)Cl)C(=O)N[C@@H](CO)C(=O)N[C@@H](CO)C(=O)N[C@@H](CC(N)=O)C(=O)O. The molecule has 5 amide bonds. The number of amides is 5. The van der Waals surface area contributed by atoms with E-state index in [2.05, 4.69) is 22.9 Å². The Morgan fingerprint density at radius 2 is 1.20 bits per heavy atom. The molecule has 20 heteroatoms. The summed E-state index contributed by atoms with van der Waals surface area (Å²) in [6.07, 6.45) is 10.2. The summed E-state index contributed by atoms with van der Waals surface area (Å²) in [5.74, 6) is -5.43. The maximum Gasteiger partial charge on any atom is 0.407 e. The van der Waals surface area contributed by atoms with Crippen molar-refractivity contribution in [3.63, 3.8) is 0 Å². The van der Waals surface area contributed by atoms with Crippen molar-refractivity contribution < 1.29 is 53.6 Å². The van der Waals surface area contributed by atoms with Gasteiger partial charge in [-0.15, -0.1) is 0 Å². The molecule has 0 aliphatic rings. The lowest BCUT2D eigenvalue weighted by atomic mass is 10.1. The van der Waals surface area contributed by atoms with E-state index in [9.17, 15) is 44.1 Å². The Labute approximate surface area is 311 Å². The maximum atomic E-state index is 13.1. The van der Waals surface area contributed by atoms with Gasteiger partial charge >= 0.3 is 12.1 Å². The average Bonchev–Trinajstić information content (AvgIpc) is 3.05. The Balaban J connectivity index is 5.02. The number of aliphatic hydroxyl groups excluding tert-OH is 2. The van der Waals surface area contributed by atoms with Crippen LogP contribution in [0.25, 0.3) is 0 Å². The number of alkyl halides is 3. The Morgan fingerprint density at radius 1 is 0.720 bits per heavy atom. The Kier molecular flexibility index (Phi) is 27.0. The van der Waals surface area contributed by atoms with Crippen LogP contribution in [0.5, 0.6) is 0 Å². The first kappa shape index (κ1) is 47.7. The number of nitrogens with one attached hydrogen (secondary N) is 4. The average molecular weight is 797 g/mol. The minimum atomic E-state index is -1.92. The number of thioether (sulfide) groups is 1. The van der Waals surface area contributed by atoms with Gasteiger partial charge in [0.25, 0.3) is 0 Å². The first-order valence-corrected chi connectivity index (χ1v) is 18.7. The zero-order chi connectivity index (χ0) is 38.0. The summed E-state index contributed by atoms with van der Waals surface area (Å²) < 4.78 is 8.58. The highest BCUT2D eigenvalue weighted by Gasteiger charge is 2.32. The van der Waals surface area contributed by atoms with Crippen LogP contribution in [0, 0.1) is 0 Å². The molecular weight excluding hydrogens is 745 g/mol. The van der Waals surface area contributed by atoms with E-state index in [1.807, 2.05) is 5.32 Å². The molecule has 16 nitrogen and oxygen atoms in total. The predicted molar refractivity (Wildman–Crippen MR) is 190 cm³/mol. The molecule has 290 valence electrons. The van der Waals surface area contributed by atoms with Crippen LogP contribution in [-0.2, 0) is 33.4 Å². The van der Waals surface area contributed by atoms with Gasteiger partial charge in [-0.1, -0.05) is 99.5 Å². The summed E-state index contributed by atoms with van der Waals surface area (Å²) in [4.78, 5) is 73.1. The number of nitrogens with two attached hydrogens (primary N) is 1. The van der Waals surface area contributed by atoms with Gasteiger partial charge in [-0.2, -0.15) is 11.8 Å². The second kappa shape index (κ2) is 28.3. The lowest BCUT2D eigenvalue weighted by Gasteiger charge is -2.24. The van der Waals surface area contributed by atoms with Crippen LogP contribution >= 0.6 is 46.6 Å². The Hall–Kier alpha value is -2.28. The predicted octanol–water partition coefficient (Wildman–Crippen LogP) is 1.52. The molecule has 0 rings (SSSR count). The van der Waals surface area contributed by atoms with Gasteiger partial charge in [-0.3, -0.25) is 19.2 Å². The smallest absolute Gasteiger partial charge is 0.407 e. The molecule has 0 saturated carbocycles. The van der Waals surface area contributed by atoms with Crippen molar-refractivity contribution in [1.29, 1.82) is 0 Å². The molecular formula is C30H52Cl3N5O11S. The fourth-order valence-corrected chi connectivity index (χ4v) is 5.27. The second-order valence-corrected chi connectivity index (χ2v) is 15.0. The summed E-state index contributed by atoms with van der Waals surface area (Å²) in [6, 6.07) is -6.46. The second-order valence-electron chi connectivity index (χ2n) is 11.3. The van der Waals surface area contributed by atoms with Crippen LogP contribution in [0.3, 0.4) is 0 Å². The molecule has 0 aliphatic heterocycles. The van der Waals surface area contributed by atoms with Crippen molar-refractivity contribution in [3.8, 4) is 0 Å². The van der Waals surface area contributed by atoms with Crippen molar-refractivity contribution in [2.24, 2.45) is 5.73 Å². The van der Waals surface area contributed by atoms with Crippen LogP contribution in [0.2, 0.25) is 0 Å². The van der Waals surface area contributed by atoms with Crippen molar-refractivity contribution in [2.75, 3.05) is 44.5 Å². The Bertz CT molecular complexity index is 1040. The Morgan fingerprint density at radius 3 is 1.66 bits per heavy atom. The molecule has 0 bridgehead atoms. The lowest BCUT2D eigenvalue weighted by molar-refractivity contribution is -0.144. The van der Waals surface area contributed by atoms with E-state index in [4.69, 9.17) is 50.0 Å². The van der Waals surface area contributed by atoms with E-state index >= 15 is 0 Å². The number of aliphatic hydroxyl groups is 2. The van der Waals surface area contributed by atoms with Crippen molar-refractivity contribution >= 4 is 82.3 Å². The summed E-state index contributed by atoms with van der Waals surface area (Å²) in [5.41, 5.74) is 4.98. The van der Waals surface area contributed by atoms with Crippen LogP contribution in [-0.4, -0.2) is 124 Å². The largest absolute Gasteiger partial charge is 0.480 e. The van der Waals surface area contributed by atoms with E-state index in [0.717, 1.165) is 19.3 Å². The number of rotatable bonds is 29. The van der Waals surface area contributed by atoms with Gasteiger partial charge in [0.05, 0.1) is 26.2 Å². The number of primary amides is 1. The third kappa shape index (κ3) is 24.8. The molecule has 0 radical (unpaired) electrons. The van der Waals surface area contributed by atoms with Gasteiger partial charge in [0.2, 0.25) is 27.4 Å². The van der Waals surface area contributed by atoms with Gasteiger partial charge < -0.3 is 51.8 Å². The highest BCUT2D eigenvalue weighted by molar-refractivity contribution is 7.99. The van der Waals surface area contributed by atoms with Crippen molar-refractivity contribution in [1.82, 2.24) is 21.3 Å². The summed E-state index contributed by atoms with van der Waals surface area (Å²) >= 11 is 18.1. The van der Waals surface area contributed by atoms with Crippen LogP contribution in [0.4, 0.5) is 4.79 Å². The topological polar surface area (TPSA) is 256 Å². The third-order valence-corrected chi connectivity index (χ3v) is 8.28. The molecule has 0 aliphatic carbocycles. The number of unbranched alkanes of at least 4 members (excludes halogenated alkanes) is 9. The molecule has 0 aromatic carbocycles. The zero-order valence-corrected chi connectivity index (χ0v) is 31.3. The number of ether oxygens (including phenoxy) is 2. The molecule has 9 N–H and O–H groups in total. The normalized spacial score (nSPS) is 13.7. The summed E-state index contributed by atoms with van der Waals surface area (Å²) in [6.45, 7) is 0.555. The minimum absolute atomic E-state index is 0.0196. The molecule has 0 saturated heterocycles. The maximum absolute atomic E-state index is 13.1. The number of hydrogen-bond donors (Lipinski definition) is 8. The quantitative estimate of drug-likeness (QED) is 0.0396. The summed E-state index contributed by atoms with van der Waals surface area (Å²) in [7, 11) is 0. The van der Waals surface area contributed by atoms with Crippen LogP contribution < -0.4 is 27.0 Å². The van der Waals surface area contributed by atoms with E-state index in [1.165, 1.54) is 56.7 Å². The fourth-order valence-electron chi connectivity index (χ4n) is 4.23. The van der Waals surface area contributed by atoms with E-state index < -0.39 is 89.9 Å². The van der Waals surface area contributed by atoms with E-state index in [0.29, 0.717) is 19.0 Å². The number of carboxylic acid groups (broad SMARTS) is 1. The molecule has 4 atom stereocenters. The highest BCUT2D eigenvalue weighted by atomic mass is 35.6. The number of hydrogen-bond acceptors (Lipinski definition) is 11. The summed E-state index contributed by atoms with van der Waals surface area (Å²) in [5, 5.41) is 37.2. The molecule has 0 unspecified atom stereocenters. The number of carboxylic acids is 1. The molecule has 0 fully saturated rings.